The van der Waals surface area contributed by atoms with Gasteiger partial charge in [-0.3, -0.25) is 20.2 Å². The van der Waals surface area contributed by atoms with Gasteiger partial charge in [0.15, 0.2) is 1.41 Å². The standard InChI is InChI=1S/C6H3ClN2O4.CH2BN/c7-5-2-1-4(8(10)11)3-6(5)9(12)13;2-1-3/h1-3H;1,3H/i/hD. The van der Waals surface area contributed by atoms with Crippen molar-refractivity contribution >= 4 is 36.9 Å². The highest BCUT2D eigenvalue weighted by Gasteiger charge is 2.17. The molecule has 1 N–H and O–H groups in total. The van der Waals surface area contributed by atoms with Gasteiger partial charge < -0.3 is 5.40 Å². The molecule has 7 nitrogen and oxygen atoms in total. The predicted octanol–water partition coefficient (Wildman–Crippen LogP) is 1.92. The van der Waals surface area contributed by atoms with Crippen LogP contribution in [0.5, 0.6) is 0 Å². The number of nitro groups is 2. The molecule has 1 aromatic carbocycles. The summed E-state index contributed by atoms with van der Waals surface area (Å²) in [5, 5.41) is 23.0. The van der Waals surface area contributed by atoms with Crippen LogP contribution in [0.4, 0.5) is 11.4 Å². The number of halogens is 1. The second-order valence-electron chi connectivity index (χ2n) is 2.30. The van der Waals surface area contributed by atoms with Gasteiger partial charge in [0.2, 0.25) is 0 Å². The van der Waals surface area contributed by atoms with E-state index in [9.17, 15) is 20.2 Å². The first kappa shape index (κ1) is 12.1. The molecule has 0 atom stereocenters. The largest absolute Gasteiger partial charge is 0.324 e. The molecule has 0 heterocycles. The van der Waals surface area contributed by atoms with Crippen molar-refractivity contribution in [1.82, 2.24) is 0 Å². The molecule has 0 bridgehead atoms. The normalized spacial score (nSPS) is 10.2. The quantitative estimate of drug-likeness (QED) is 0.369. The first-order valence-electron chi connectivity index (χ1n) is 4.14. The first-order chi connectivity index (χ1) is 7.93. The monoisotopic (exact) mass is 242 g/mol. The van der Waals surface area contributed by atoms with Crippen LogP contribution < -0.4 is 0 Å². The van der Waals surface area contributed by atoms with E-state index < -0.39 is 15.5 Å². The molecule has 0 fully saturated rings. The molecule has 1 rings (SSSR count). The van der Waals surface area contributed by atoms with Gasteiger partial charge in [0.1, 0.15) is 12.9 Å². The minimum atomic E-state index is -0.769. The fourth-order valence-electron chi connectivity index (χ4n) is 0.755. The third-order valence-electron chi connectivity index (χ3n) is 1.34. The Bertz CT molecular complexity index is 453. The van der Waals surface area contributed by atoms with Gasteiger partial charge in [-0.15, -0.1) is 0 Å². The SMILES string of the molecule is O=[N+]([O-])c1ccc(Cl)c([N+](=O)[O-])c1.[2H]N=C[B]. The summed E-state index contributed by atoms with van der Waals surface area (Å²) in [6, 6.07) is 3.05. The number of rotatable bonds is 2. The van der Waals surface area contributed by atoms with Gasteiger partial charge in [0, 0.05) is 6.07 Å². The van der Waals surface area contributed by atoms with E-state index in [0.29, 0.717) is 0 Å². The first-order valence-corrected chi connectivity index (χ1v) is 4.07. The Morgan fingerprint density at radius 3 is 2.38 bits per heavy atom. The number of nitrogens with one attached hydrogen (secondary N) is 1. The highest BCUT2D eigenvalue weighted by molar-refractivity contribution is 6.48. The van der Waals surface area contributed by atoms with Crippen LogP contribution in [0.2, 0.25) is 6.43 Å². The molecule has 16 heavy (non-hydrogen) atoms. The van der Waals surface area contributed by atoms with Crippen molar-refractivity contribution in [2.45, 2.75) is 0 Å². The van der Waals surface area contributed by atoms with Gasteiger partial charge in [-0.05, 0) is 6.07 Å². The smallest absolute Gasteiger partial charge is 0.294 e. The van der Waals surface area contributed by atoms with Crippen LogP contribution >= 0.6 is 11.6 Å². The fourth-order valence-corrected chi connectivity index (χ4v) is 0.941. The maximum absolute atomic E-state index is 10.3. The lowest BCUT2D eigenvalue weighted by molar-refractivity contribution is -0.394. The van der Waals surface area contributed by atoms with Gasteiger partial charge in [0.25, 0.3) is 11.4 Å². The lowest BCUT2D eigenvalue weighted by atomic mass is 10.2. The average molecular weight is 242 g/mol. The maximum atomic E-state index is 10.3. The van der Waals surface area contributed by atoms with Crippen LogP contribution in [0.25, 0.3) is 0 Å². The molecule has 1 aromatic rings. The fraction of sp³-hybridized carbons (Fsp3) is 0. The summed E-state index contributed by atoms with van der Waals surface area (Å²) in [6.07, 6.45) is 0.917. The van der Waals surface area contributed by atoms with Crippen molar-refractivity contribution < 1.29 is 11.3 Å². The van der Waals surface area contributed by atoms with Gasteiger partial charge in [-0.1, -0.05) is 17.7 Å². The summed E-state index contributed by atoms with van der Waals surface area (Å²) in [5.74, 6) is 0. The van der Waals surface area contributed by atoms with Crippen LogP contribution in [0, 0.1) is 25.6 Å². The molecule has 0 aromatic heterocycles. The zero-order chi connectivity index (χ0) is 13.4. The Kier molecular flexibility index (Phi) is 4.93. The molecule has 0 spiro atoms. The lowest BCUT2D eigenvalue weighted by Crippen LogP contribution is -1.92. The summed E-state index contributed by atoms with van der Waals surface area (Å²) >= 11 is 5.43. The summed E-state index contributed by atoms with van der Waals surface area (Å²) in [6.45, 7) is 0. The van der Waals surface area contributed by atoms with Crippen molar-refractivity contribution in [2.75, 3.05) is 0 Å². The Hall–Kier alpha value is -1.96. The second-order valence-corrected chi connectivity index (χ2v) is 2.71. The number of nitrogens with zero attached hydrogens (tertiary/aromatic N) is 2. The lowest BCUT2D eigenvalue weighted by Gasteiger charge is -1.94. The molecular formula is C7H5BClN3O4. The van der Waals surface area contributed by atoms with E-state index in [0.717, 1.165) is 24.3 Å². The molecule has 0 aliphatic carbocycles. The van der Waals surface area contributed by atoms with Crippen LogP contribution in [0.15, 0.2) is 18.2 Å². The van der Waals surface area contributed by atoms with Crippen molar-refractivity contribution in [3.8, 4) is 0 Å². The summed E-state index contributed by atoms with van der Waals surface area (Å²) in [5.41, 5.74) is -0.813. The summed E-state index contributed by atoms with van der Waals surface area (Å²) in [7, 11) is 4.55. The molecule has 0 saturated carbocycles. The third kappa shape index (κ3) is 4.05. The van der Waals surface area contributed by atoms with E-state index in [1.54, 1.807) is 0 Å². The molecule has 0 aliphatic heterocycles. The minimum absolute atomic E-state index is 0.115. The number of nitro benzene ring substituents is 2. The average Bonchev–Trinajstić information content (AvgIpc) is 2.29. The number of non-ortho nitro benzene ring substituents is 1. The molecule has 0 aliphatic rings. The molecule has 2 radical (unpaired) electrons. The molecule has 9 heteroatoms. The minimum Gasteiger partial charge on any atom is -0.324 e. The maximum Gasteiger partial charge on any atom is 0.294 e. The second kappa shape index (κ2) is 6.51. The number of hydrogen-bond acceptors (Lipinski definition) is 5. The van der Waals surface area contributed by atoms with Gasteiger partial charge in [-0.2, -0.15) is 0 Å². The van der Waals surface area contributed by atoms with E-state index >= 15 is 0 Å². The molecule has 82 valence electrons. The summed E-state index contributed by atoms with van der Waals surface area (Å²) in [4.78, 5) is 19.0. The Morgan fingerprint density at radius 2 is 2.00 bits per heavy atom. The predicted molar refractivity (Wildman–Crippen MR) is 59.3 cm³/mol. The molecule has 0 amide bonds. The van der Waals surface area contributed by atoms with Crippen LogP contribution in [0.1, 0.15) is 0 Å². The van der Waals surface area contributed by atoms with E-state index in [4.69, 9.17) is 13.0 Å². The van der Waals surface area contributed by atoms with E-state index in [2.05, 4.69) is 13.2 Å². The summed E-state index contributed by atoms with van der Waals surface area (Å²) < 4.78 is 5.90. The van der Waals surface area contributed by atoms with Crippen LogP contribution in [-0.4, -0.2) is 23.8 Å². The number of benzene rings is 1. The topological polar surface area (TPSA) is 110 Å². The highest BCUT2D eigenvalue weighted by Crippen LogP contribution is 2.28. The van der Waals surface area contributed by atoms with Crippen molar-refractivity contribution in [1.29, 1.82) is 5.40 Å². The molecule has 0 saturated heterocycles. The van der Waals surface area contributed by atoms with Gasteiger partial charge in [0.05, 0.1) is 15.9 Å². The Morgan fingerprint density at radius 1 is 1.44 bits per heavy atom. The Labute approximate surface area is 97.7 Å². The van der Waals surface area contributed by atoms with Crippen LogP contribution in [-0.2, 0) is 0 Å². The van der Waals surface area contributed by atoms with E-state index in [1.807, 2.05) is 0 Å². The number of hydrogen-bond donors (Lipinski definition) is 1. The van der Waals surface area contributed by atoms with E-state index in [1.165, 1.54) is 0 Å². The molecular weight excluding hydrogens is 236 g/mol. The highest BCUT2D eigenvalue weighted by atomic mass is 35.5. The van der Waals surface area contributed by atoms with E-state index in [-0.39, 0.29) is 10.7 Å². The molecule has 0 unspecified atom stereocenters. The zero-order valence-corrected chi connectivity index (χ0v) is 8.50. The van der Waals surface area contributed by atoms with Crippen molar-refractivity contribution in [3.05, 3.63) is 43.5 Å². The van der Waals surface area contributed by atoms with Crippen LogP contribution in [0.3, 0.4) is 0 Å². The van der Waals surface area contributed by atoms with Crippen molar-refractivity contribution in [3.63, 3.8) is 0 Å². The van der Waals surface area contributed by atoms with Gasteiger partial charge in [-0.25, -0.2) is 0 Å². The zero-order valence-electron chi connectivity index (χ0n) is 8.74. The Balaban J connectivity index is 0.000000557. The van der Waals surface area contributed by atoms with Gasteiger partial charge >= 0.3 is 0 Å². The third-order valence-corrected chi connectivity index (χ3v) is 1.66. The van der Waals surface area contributed by atoms with Crippen molar-refractivity contribution in [2.24, 2.45) is 0 Å².